The number of hydrogen-bond donors (Lipinski definition) is 3. The number of methoxy groups -OCH3 is 3. The first-order chi connectivity index (χ1) is 40.7. The van der Waals surface area contributed by atoms with E-state index in [9.17, 15) is 14.4 Å². The van der Waals surface area contributed by atoms with E-state index in [1.54, 1.807) is 93.4 Å². The molecule has 26 heteroatoms. The van der Waals surface area contributed by atoms with Crippen molar-refractivity contribution in [2.24, 2.45) is 0 Å². The molecule has 6 aromatic rings. The number of carbonyl (C=O) groups is 3. The molecule has 0 radical (unpaired) electrons. The fraction of sp³-hybridized carbons (Fsp3) is 0.433. The third-order valence-electron chi connectivity index (χ3n) is 14.6. The minimum atomic E-state index is -5.04. The fourth-order valence-electron chi connectivity index (χ4n) is 8.97. The first-order valence-electron chi connectivity index (χ1n) is 28.1. The van der Waals surface area contributed by atoms with Crippen molar-refractivity contribution < 1.29 is 59.3 Å². The van der Waals surface area contributed by atoms with E-state index in [1.165, 1.54) is 35.5 Å². The maximum atomic E-state index is 16.5. The van der Waals surface area contributed by atoms with Gasteiger partial charge in [-0.2, -0.15) is 9.10 Å². The number of piperazine rings is 1. The molecule has 0 bridgehead atoms. The van der Waals surface area contributed by atoms with E-state index in [1.807, 2.05) is 81.2 Å². The molecule has 1 aromatic heterocycles. The fourth-order valence-corrected chi connectivity index (χ4v) is 13.8. The molecule has 1 fully saturated rings. The highest BCUT2D eigenvalue weighted by atomic mass is 32.2. The van der Waals surface area contributed by atoms with Crippen LogP contribution in [-0.2, 0) is 65.0 Å². The van der Waals surface area contributed by atoms with E-state index in [4.69, 9.17) is 33.2 Å². The Labute approximate surface area is 505 Å². The maximum Gasteiger partial charge on any atom is 0.407 e. The lowest BCUT2D eigenvalue weighted by atomic mass is 10.1. The standard InChI is InChI=1S/C60H80N10O13S2Si/c1-59(2,3)82-58(73)62-37-50(83-86(10,11)60(4,5)6)38-63-84(74,75)52-30-29-51(67-33-35-68(36-34-67)53(71)31-32-61-57(72)81-42-46-15-13-12-14-16-46)54(56-64-66-70(65-56)41-45-21-27-49(80-9)28-22-45)55(52)85(76,77)69(39-43-17-23-47(78-7)24-18-43)40-44-19-25-48(79-8)26-20-44/h12-30,50,63H,31-42H2,1-11H3,(H,61,72)(H,62,73)/t50-/m1/s1. The van der Waals surface area contributed by atoms with Gasteiger partial charge >= 0.3 is 12.2 Å². The van der Waals surface area contributed by atoms with E-state index in [2.05, 4.69) is 25.7 Å². The number of ether oxygens (including phenoxy) is 5. The number of rotatable bonds is 26. The summed E-state index contributed by atoms with van der Waals surface area (Å²) in [5, 5.41) is 18.7. The Balaban J connectivity index is 1.34. The minimum absolute atomic E-state index is 0.0207. The van der Waals surface area contributed by atoms with Crippen LogP contribution in [0.5, 0.6) is 17.2 Å². The van der Waals surface area contributed by atoms with Crippen LogP contribution in [0.2, 0.25) is 18.1 Å². The van der Waals surface area contributed by atoms with Gasteiger partial charge in [0.05, 0.1) is 39.5 Å². The molecule has 464 valence electrons. The molecular weight excluding hydrogens is 1160 g/mol. The van der Waals surface area contributed by atoms with Gasteiger partial charge in [0.15, 0.2) is 8.32 Å². The number of alkyl carbamates (subject to hydrolysis) is 2. The third-order valence-corrected chi connectivity index (χ3v) is 22.6. The molecule has 0 spiro atoms. The Hall–Kier alpha value is -7.62. The summed E-state index contributed by atoms with van der Waals surface area (Å²) in [5.74, 6) is 1.24. The highest BCUT2D eigenvalue weighted by molar-refractivity contribution is 7.92. The summed E-state index contributed by atoms with van der Waals surface area (Å²) in [6, 6.07) is 32.8. The van der Waals surface area contributed by atoms with Gasteiger partial charge < -0.3 is 48.5 Å². The van der Waals surface area contributed by atoms with Crippen LogP contribution in [0.3, 0.4) is 0 Å². The van der Waals surface area contributed by atoms with Crippen LogP contribution in [-0.4, -0.2) is 152 Å². The Morgan fingerprint density at radius 3 is 1.77 bits per heavy atom. The van der Waals surface area contributed by atoms with Crippen LogP contribution in [0.4, 0.5) is 15.3 Å². The number of nitrogens with zero attached hydrogens (tertiary/aromatic N) is 7. The first kappa shape index (κ1) is 65.9. The van der Waals surface area contributed by atoms with Crippen molar-refractivity contribution in [1.82, 2.24) is 44.8 Å². The SMILES string of the molecule is COc1ccc(CN(Cc2ccc(OC)cc2)S(=O)(=O)c2c(S(=O)(=O)NC[C@@H](CNC(=O)OC(C)(C)C)O[Si](C)(C)C(C)(C)C)ccc(N3CCN(C(=O)CCNC(=O)OCc4ccccc4)CC3)c2-c2nnn(Cc3ccc(OC)cc3)n2)cc1. The summed E-state index contributed by atoms with van der Waals surface area (Å²) >= 11 is 0. The van der Waals surface area contributed by atoms with Crippen LogP contribution in [0.15, 0.2) is 125 Å². The lowest BCUT2D eigenvalue weighted by Gasteiger charge is -2.39. The second-order valence-electron chi connectivity index (χ2n) is 23.1. The van der Waals surface area contributed by atoms with E-state index < -0.39 is 68.6 Å². The van der Waals surface area contributed by atoms with Gasteiger partial charge in [0.25, 0.3) is 0 Å². The zero-order valence-electron chi connectivity index (χ0n) is 50.8. The summed E-state index contributed by atoms with van der Waals surface area (Å²) < 4.78 is 102. The number of amides is 3. The average molecular weight is 1240 g/mol. The highest BCUT2D eigenvalue weighted by Crippen LogP contribution is 2.42. The zero-order valence-corrected chi connectivity index (χ0v) is 53.4. The predicted molar refractivity (Wildman–Crippen MR) is 327 cm³/mol. The Morgan fingerprint density at radius 1 is 0.674 bits per heavy atom. The monoisotopic (exact) mass is 1240 g/mol. The van der Waals surface area contributed by atoms with E-state index in [0.29, 0.717) is 28.4 Å². The zero-order chi connectivity index (χ0) is 62.5. The van der Waals surface area contributed by atoms with Crippen molar-refractivity contribution in [2.45, 2.75) is 114 Å². The van der Waals surface area contributed by atoms with Crippen LogP contribution in [0.25, 0.3) is 11.4 Å². The van der Waals surface area contributed by atoms with Crippen molar-refractivity contribution in [3.05, 3.63) is 138 Å². The number of sulfonamides is 2. The molecule has 3 N–H and O–H groups in total. The molecule has 23 nitrogen and oxygen atoms in total. The second-order valence-corrected chi connectivity index (χ2v) is 31.5. The summed E-state index contributed by atoms with van der Waals surface area (Å²) in [5.41, 5.74) is 1.92. The van der Waals surface area contributed by atoms with E-state index in [-0.39, 0.29) is 100.0 Å². The second kappa shape index (κ2) is 28.7. The number of hydrogen-bond acceptors (Lipinski definition) is 17. The number of anilines is 1. The average Bonchev–Trinajstić information content (AvgIpc) is 1.02. The highest BCUT2D eigenvalue weighted by Gasteiger charge is 2.42. The van der Waals surface area contributed by atoms with E-state index in [0.717, 1.165) is 11.1 Å². The molecule has 3 amide bonds. The molecule has 1 atom stereocenters. The molecule has 0 saturated carbocycles. The smallest absolute Gasteiger partial charge is 0.407 e. The summed E-state index contributed by atoms with van der Waals surface area (Å²) in [7, 11) is -8.04. The number of nitrogens with one attached hydrogen (secondary N) is 3. The number of aromatic nitrogens is 4. The number of carbonyl (C=O) groups excluding carboxylic acids is 3. The molecule has 2 heterocycles. The Morgan fingerprint density at radius 2 is 1.23 bits per heavy atom. The lowest BCUT2D eigenvalue weighted by Crippen LogP contribution is -2.51. The molecule has 1 saturated heterocycles. The van der Waals surface area contributed by atoms with Gasteiger partial charge in [-0.1, -0.05) is 87.5 Å². The van der Waals surface area contributed by atoms with Crippen molar-refractivity contribution >= 4 is 52.1 Å². The lowest BCUT2D eigenvalue weighted by molar-refractivity contribution is -0.131. The number of benzene rings is 5. The van der Waals surface area contributed by atoms with Gasteiger partial charge in [-0.05, 0) is 115 Å². The van der Waals surface area contributed by atoms with Gasteiger partial charge in [0, 0.05) is 71.0 Å². The first-order valence-corrected chi connectivity index (χ1v) is 34.0. The molecule has 0 unspecified atom stereocenters. The molecule has 5 aromatic carbocycles. The van der Waals surface area contributed by atoms with Gasteiger partial charge in [0.2, 0.25) is 31.8 Å². The van der Waals surface area contributed by atoms with E-state index >= 15 is 16.8 Å². The van der Waals surface area contributed by atoms with Crippen molar-refractivity contribution in [2.75, 3.05) is 72.0 Å². The molecule has 86 heavy (non-hydrogen) atoms. The minimum Gasteiger partial charge on any atom is -0.497 e. The van der Waals surface area contributed by atoms with Crippen molar-refractivity contribution in [1.29, 1.82) is 0 Å². The Kier molecular flexibility index (Phi) is 22.0. The topological polar surface area (TPSA) is 264 Å². The van der Waals surface area contributed by atoms with Crippen LogP contribution in [0.1, 0.15) is 70.2 Å². The van der Waals surface area contributed by atoms with Gasteiger partial charge in [0.1, 0.15) is 39.2 Å². The maximum absolute atomic E-state index is 16.5. The van der Waals surface area contributed by atoms with Crippen LogP contribution >= 0.6 is 0 Å². The van der Waals surface area contributed by atoms with Gasteiger partial charge in [-0.25, -0.2) is 31.1 Å². The van der Waals surface area contributed by atoms with Crippen molar-refractivity contribution in [3.8, 4) is 28.6 Å². The predicted octanol–water partition coefficient (Wildman–Crippen LogP) is 7.96. The molecule has 7 rings (SSSR count). The molecule has 0 aliphatic carbocycles. The van der Waals surface area contributed by atoms with Crippen molar-refractivity contribution in [3.63, 3.8) is 0 Å². The Bertz CT molecular complexity index is 3410. The molecule has 1 aliphatic heterocycles. The van der Waals surface area contributed by atoms with Gasteiger partial charge in [-0.15, -0.1) is 10.2 Å². The van der Waals surface area contributed by atoms with Crippen LogP contribution in [0, 0.1) is 0 Å². The largest absolute Gasteiger partial charge is 0.497 e. The normalized spacial score (nSPS) is 13.7. The summed E-state index contributed by atoms with van der Waals surface area (Å²) in [4.78, 5) is 42.8. The summed E-state index contributed by atoms with van der Waals surface area (Å²) in [6.45, 7) is 15.0. The molecular formula is C60H80N10O13S2Si. The summed E-state index contributed by atoms with van der Waals surface area (Å²) in [6.07, 6.45) is -2.38. The quantitative estimate of drug-likeness (QED) is 0.0435. The number of tetrazole rings is 1. The van der Waals surface area contributed by atoms with Crippen LogP contribution < -0.4 is 34.5 Å². The third kappa shape index (κ3) is 18.0. The molecule has 1 aliphatic rings. The van der Waals surface area contributed by atoms with Gasteiger partial charge in [-0.3, -0.25) is 4.79 Å².